The summed E-state index contributed by atoms with van der Waals surface area (Å²) in [7, 11) is 0. The second-order valence-corrected chi connectivity index (χ2v) is 7.93. The molecule has 0 unspecified atom stereocenters. The molecule has 0 heterocycles. The maximum absolute atomic E-state index is 10.4. The summed E-state index contributed by atoms with van der Waals surface area (Å²) < 4.78 is 0. The molecule has 0 saturated carbocycles. The quantitative estimate of drug-likeness (QED) is 0.255. The number of aliphatic carboxylic acids is 1. The summed E-state index contributed by atoms with van der Waals surface area (Å²) in [4.78, 5) is 10.4. The lowest BCUT2D eigenvalue weighted by Gasteiger charge is -2.03. The average Bonchev–Trinajstić information content (AvgIpc) is 2.53. The van der Waals surface area contributed by atoms with Crippen molar-refractivity contribution in [1.82, 2.24) is 0 Å². The van der Waals surface area contributed by atoms with Gasteiger partial charge in [0.1, 0.15) is 0 Å². The minimum atomic E-state index is -0.672. The van der Waals surface area contributed by atoms with Crippen LogP contribution in [0.25, 0.3) is 0 Å². The molecule has 0 aromatic rings. The fraction of sp³-hybridized carbons (Fsp3) is 0.950. The standard InChI is InChI=1S/C20H40O2S/c1-2-3-4-5-6-7-8-9-10-11-12-13-14-15-16-18-23-19-17-20(21)22/h2-19H2,1H3,(H,21,22). The summed E-state index contributed by atoms with van der Waals surface area (Å²) in [5.41, 5.74) is 0. The highest BCUT2D eigenvalue weighted by atomic mass is 32.2. The molecule has 0 aliphatic heterocycles. The molecule has 0 atom stereocenters. The number of carboxylic acid groups (broad SMARTS) is 1. The molecule has 0 aliphatic carbocycles. The SMILES string of the molecule is CCCCCCCCCCCCCCCCCSCCC(=O)O. The fourth-order valence-electron chi connectivity index (χ4n) is 2.84. The molecule has 0 aromatic heterocycles. The van der Waals surface area contributed by atoms with Crippen LogP contribution < -0.4 is 0 Å². The van der Waals surface area contributed by atoms with Crippen LogP contribution in [-0.4, -0.2) is 22.6 Å². The van der Waals surface area contributed by atoms with E-state index >= 15 is 0 Å². The van der Waals surface area contributed by atoms with Crippen molar-refractivity contribution in [3.05, 3.63) is 0 Å². The first-order valence-electron chi connectivity index (χ1n) is 10.1. The van der Waals surface area contributed by atoms with Crippen LogP contribution in [0.15, 0.2) is 0 Å². The van der Waals surface area contributed by atoms with Gasteiger partial charge in [-0.2, -0.15) is 11.8 Å². The molecule has 0 amide bonds. The van der Waals surface area contributed by atoms with E-state index in [-0.39, 0.29) is 0 Å². The van der Waals surface area contributed by atoms with Crippen molar-refractivity contribution in [2.75, 3.05) is 11.5 Å². The van der Waals surface area contributed by atoms with E-state index in [0.717, 1.165) is 11.5 Å². The van der Waals surface area contributed by atoms with Crippen molar-refractivity contribution in [3.63, 3.8) is 0 Å². The highest BCUT2D eigenvalue weighted by molar-refractivity contribution is 7.99. The van der Waals surface area contributed by atoms with E-state index in [2.05, 4.69) is 6.92 Å². The number of rotatable bonds is 19. The maximum Gasteiger partial charge on any atom is 0.304 e. The lowest BCUT2D eigenvalue weighted by molar-refractivity contribution is -0.136. The molecule has 0 bridgehead atoms. The van der Waals surface area contributed by atoms with Crippen molar-refractivity contribution in [2.45, 2.75) is 110 Å². The van der Waals surface area contributed by atoms with Crippen LogP contribution in [0.3, 0.4) is 0 Å². The molecule has 0 radical (unpaired) electrons. The number of thioether (sulfide) groups is 1. The smallest absolute Gasteiger partial charge is 0.304 e. The molecule has 2 nitrogen and oxygen atoms in total. The van der Waals surface area contributed by atoms with Crippen LogP contribution in [0.1, 0.15) is 110 Å². The van der Waals surface area contributed by atoms with E-state index in [1.165, 1.54) is 96.3 Å². The Labute approximate surface area is 149 Å². The van der Waals surface area contributed by atoms with Crippen LogP contribution in [0, 0.1) is 0 Å². The minimum Gasteiger partial charge on any atom is -0.481 e. The Morgan fingerprint density at radius 1 is 0.652 bits per heavy atom. The molecule has 0 saturated heterocycles. The summed E-state index contributed by atoms with van der Waals surface area (Å²) in [5, 5.41) is 8.54. The normalized spacial score (nSPS) is 11.0. The number of hydrogen-bond donors (Lipinski definition) is 1. The van der Waals surface area contributed by atoms with Gasteiger partial charge in [0.25, 0.3) is 0 Å². The van der Waals surface area contributed by atoms with Crippen LogP contribution in [0.2, 0.25) is 0 Å². The van der Waals surface area contributed by atoms with Gasteiger partial charge in [-0.1, -0.05) is 96.8 Å². The number of unbranched alkanes of at least 4 members (excludes halogenated alkanes) is 14. The third-order valence-electron chi connectivity index (χ3n) is 4.35. The van der Waals surface area contributed by atoms with Gasteiger partial charge >= 0.3 is 5.97 Å². The van der Waals surface area contributed by atoms with Gasteiger partial charge < -0.3 is 5.11 Å². The largest absolute Gasteiger partial charge is 0.481 e. The summed E-state index contributed by atoms with van der Waals surface area (Å²) >= 11 is 1.79. The zero-order valence-corrected chi connectivity index (χ0v) is 16.3. The van der Waals surface area contributed by atoms with E-state index in [1.807, 2.05) is 0 Å². The Bertz CT molecular complexity index is 244. The first kappa shape index (κ1) is 22.8. The fourth-order valence-corrected chi connectivity index (χ4v) is 3.77. The Hall–Kier alpha value is -0.180. The first-order chi connectivity index (χ1) is 11.3. The minimum absolute atomic E-state index is 0.309. The molecule has 0 spiro atoms. The molecular weight excluding hydrogens is 304 g/mol. The van der Waals surface area contributed by atoms with Crippen molar-refractivity contribution >= 4 is 17.7 Å². The molecule has 0 fully saturated rings. The van der Waals surface area contributed by atoms with Gasteiger partial charge in [0.2, 0.25) is 0 Å². The number of hydrogen-bond acceptors (Lipinski definition) is 2. The summed E-state index contributed by atoms with van der Waals surface area (Å²) in [5.74, 6) is 1.23. The van der Waals surface area contributed by atoms with Crippen LogP contribution in [-0.2, 0) is 4.79 Å². The van der Waals surface area contributed by atoms with Gasteiger partial charge in [0.15, 0.2) is 0 Å². The van der Waals surface area contributed by atoms with Gasteiger partial charge in [-0.15, -0.1) is 0 Å². The average molecular weight is 345 g/mol. The van der Waals surface area contributed by atoms with E-state index in [9.17, 15) is 4.79 Å². The van der Waals surface area contributed by atoms with E-state index in [0.29, 0.717) is 6.42 Å². The van der Waals surface area contributed by atoms with Crippen molar-refractivity contribution in [3.8, 4) is 0 Å². The Kier molecular flexibility index (Phi) is 19.7. The lowest BCUT2D eigenvalue weighted by atomic mass is 10.0. The monoisotopic (exact) mass is 344 g/mol. The third kappa shape index (κ3) is 21.8. The Morgan fingerprint density at radius 2 is 1.04 bits per heavy atom. The van der Waals surface area contributed by atoms with E-state index in [1.54, 1.807) is 11.8 Å². The maximum atomic E-state index is 10.4. The molecule has 138 valence electrons. The predicted octanol–water partition coefficient (Wildman–Crippen LogP) is 7.07. The van der Waals surface area contributed by atoms with Crippen molar-refractivity contribution < 1.29 is 9.90 Å². The van der Waals surface area contributed by atoms with Crippen molar-refractivity contribution in [2.24, 2.45) is 0 Å². The molecule has 3 heteroatoms. The Balaban J connectivity index is 2.96. The molecule has 1 N–H and O–H groups in total. The Morgan fingerprint density at radius 3 is 1.43 bits per heavy atom. The first-order valence-corrected chi connectivity index (χ1v) is 11.2. The van der Waals surface area contributed by atoms with E-state index in [4.69, 9.17) is 5.11 Å². The van der Waals surface area contributed by atoms with Crippen LogP contribution >= 0.6 is 11.8 Å². The van der Waals surface area contributed by atoms with Gasteiger partial charge in [0, 0.05) is 5.75 Å². The zero-order chi connectivity index (χ0) is 17.0. The second kappa shape index (κ2) is 19.9. The molecule has 0 aliphatic rings. The number of carbonyl (C=O) groups is 1. The molecule has 0 aromatic carbocycles. The number of carboxylic acids is 1. The van der Waals surface area contributed by atoms with Gasteiger partial charge in [-0.25, -0.2) is 0 Å². The van der Waals surface area contributed by atoms with E-state index < -0.39 is 5.97 Å². The van der Waals surface area contributed by atoms with Crippen LogP contribution in [0.5, 0.6) is 0 Å². The second-order valence-electron chi connectivity index (χ2n) is 6.71. The summed E-state index contributed by atoms with van der Waals surface area (Å²) in [6.45, 7) is 2.28. The summed E-state index contributed by atoms with van der Waals surface area (Å²) in [6, 6.07) is 0. The van der Waals surface area contributed by atoms with Gasteiger partial charge in [0.05, 0.1) is 6.42 Å². The third-order valence-corrected chi connectivity index (χ3v) is 5.42. The topological polar surface area (TPSA) is 37.3 Å². The highest BCUT2D eigenvalue weighted by Crippen LogP contribution is 2.14. The van der Waals surface area contributed by atoms with Gasteiger partial charge in [-0.05, 0) is 12.2 Å². The van der Waals surface area contributed by atoms with Crippen molar-refractivity contribution in [1.29, 1.82) is 0 Å². The summed E-state index contributed by atoms with van der Waals surface area (Å²) in [6.07, 6.45) is 21.3. The molecular formula is C20H40O2S. The molecule has 0 rings (SSSR count). The van der Waals surface area contributed by atoms with Crippen LogP contribution in [0.4, 0.5) is 0 Å². The highest BCUT2D eigenvalue weighted by Gasteiger charge is 1.97. The lowest BCUT2D eigenvalue weighted by Crippen LogP contribution is -1.96. The molecule has 23 heavy (non-hydrogen) atoms. The zero-order valence-electron chi connectivity index (χ0n) is 15.5. The van der Waals surface area contributed by atoms with Gasteiger partial charge in [-0.3, -0.25) is 4.79 Å². The predicted molar refractivity (Wildman–Crippen MR) is 105 cm³/mol.